The third-order valence-electron chi connectivity index (χ3n) is 3.01. The maximum Gasteiger partial charge on any atom is 0.242 e. The zero-order chi connectivity index (χ0) is 12.3. The van der Waals surface area contributed by atoms with Crippen LogP contribution in [0.5, 0.6) is 0 Å². The van der Waals surface area contributed by atoms with Crippen LogP contribution in [-0.4, -0.2) is 14.5 Å². The maximum atomic E-state index is 12.2. The van der Waals surface area contributed by atoms with Crippen molar-refractivity contribution in [3.8, 4) is 0 Å². The SMILES string of the molecule is NNc1ccccc1S(=O)(=O)NC1CCCC1. The molecule has 0 aliphatic heterocycles. The number of nitrogens with two attached hydrogens (primary N) is 1. The monoisotopic (exact) mass is 255 g/mol. The van der Waals surface area contributed by atoms with Crippen molar-refractivity contribution in [1.82, 2.24) is 4.72 Å². The summed E-state index contributed by atoms with van der Waals surface area (Å²) in [5, 5.41) is 0. The highest BCUT2D eigenvalue weighted by molar-refractivity contribution is 7.89. The van der Waals surface area contributed by atoms with Crippen LogP contribution in [0, 0.1) is 0 Å². The third kappa shape index (κ3) is 2.77. The standard InChI is InChI=1S/C11H17N3O2S/c12-13-10-7-3-4-8-11(10)17(15,16)14-9-5-1-2-6-9/h3-4,7-9,13-14H,1-2,5-6,12H2. The van der Waals surface area contributed by atoms with Gasteiger partial charge in [0.25, 0.3) is 0 Å². The molecule has 2 rings (SSSR count). The zero-order valence-electron chi connectivity index (χ0n) is 9.52. The highest BCUT2D eigenvalue weighted by Gasteiger charge is 2.24. The molecule has 94 valence electrons. The van der Waals surface area contributed by atoms with E-state index in [2.05, 4.69) is 10.1 Å². The van der Waals surface area contributed by atoms with Gasteiger partial charge >= 0.3 is 0 Å². The Morgan fingerprint density at radius 2 is 1.82 bits per heavy atom. The lowest BCUT2D eigenvalue weighted by Crippen LogP contribution is -2.33. The molecule has 0 atom stereocenters. The van der Waals surface area contributed by atoms with Gasteiger partial charge in [0.05, 0.1) is 5.69 Å². The van der Waals surface area contributed by atoms with Crippen molar-refractivity contribution in [3.63, 3.8) is 0 Å². The van der Waals surface area contributed by atoms with Gasteiger partial charge in [0.1, 0.15) is 4.90 Å². The van der Waals surface area contributed by atoms with E-state index in [1.54, 1.807) is 24.3 Å². The van der Waals surface area contributed by atoms with Crippen LogP contribution >= 0.6 is 0 Å². The van der Waals surface area contributed by atoms with E-state index in [9.17, 15) is 8.42 Å². The summed E-state index contributed by atoms with van der Waals surface area (Å²) in [6, 6.07) is 6.68. The predicted octanol–water partition coefficient (Wildman–Crippen LogP) is 1.19. The van der Waals surface area contributed by atoms with E-state index in [0.717, 1.165) is 25.7 Å². The summed E-state index contributed by atoms with van der Waals surface area (Å²) in [5.74, 6) is 5.31. The van der Waals surface area contributed by atoms with Crippen LogP contribution in [0.4, 0.5) is 5.69 Å². The summed E-state index contributed by atoms with van der Waals surface area (Å²) >= 11 is 0. The van der Waals surface area contributed by atoms with E-state index in [4.69, 9.17) is 5.84 Å². The Hall–Kier alpha value is -1.11. The number of benzene rings is 1. The summed E-state index contributed by atoms with van der Waals surface area (Å²) < 4.78 is 27.0. The van der Waals surface area contributed by atoms with Crippen LogP contribution in [-0.2, 0) is 10.0 Å². The summed E-state index contributed by atoms with van der Waals surface area (Å²) in [6.45, 7) is 0. The molecule has 4 N–H and O–H groups in total. The highest BCUT2D eigenvalue weighted by Crippen LogP contribution is 2.23. The smallest absolute Gasteiger partial charge is 0.242 e. The Kier molecular flexibility index (Phi) is 3.66. The van der Waals surface area contributed by atoms with E-state index < -0.39 is 10.0 Å². The molecule has 0 spiro atoms. The van der Waals surface area contributed by atoms with Gasteiger partial charge in [-0.1, -0.05) is 25.0 Å². The van der Waals surface area contributed by atoms with E-state index >= 15 is 0 Å². The molecule has 1 fully saturated rings. The normalized spacial score (nSPS) is 17.2. The van der Waals surface area contributed by atoms with Crippen molar-refractivity contribution in [2.45, 2.75) is 36.6 Å². The Labute approximate surface area is 101 Å². The highest BCUT2D eigenvalue weighted by atomic mass is 32.2. The molecule has 1 aliphatic carbocycles. The second-order valence-electron chi connectivity index (χ2n) is 4.24. The van der Waals surface area contributed by atoms with Crippen molar-refractivity contribution in [2.24, 2.45) is 5.84 Å². The fourth-order valence-corrected chi connectivity index (χ4v) is 3.62. The van der Waals surface area contributed by atoms with E-state index in [1.807, 2.05) is 0 Å². The average Bonchev–Trinajstić information content (AvgIpc) is 2.81. The van der Waals surface area contributed by atoms with Crippen LogP contribution in [0.15, 0.2) is 29.2 Å². The maximum absolute atomic E-state index is 12.2. The van der Waals surface area contributed by atoms with Crippen LogP contribution in [0.25, 0.3) is 0 Å². The number of sulfonamides is 1. The fourth-order valence-electron chi connectivity index (χ4n) is 2.15. The van der Waals surface area contributed by atoms with Gasteiger partial charge in [-0.25, -0.2) is 13.1 Å². The van der Waals surface area contributed by atoms with Gasteiger partial charge < -0.3 is 5.43 Å². The van der Waals surface area contributed by atoms with Gasteiger partial charge in [0, 0.05) is 6.04 Å². The van der Waals surface area contributed by atoms with E-state index in [-0.39, 0.29) is 10.9 Å². The Balaban J connectivity index is 2.24. The molecule has 0 amide bonds. The Morgan fingerprint density at radius 3 is 2.47 bits per heavy atom. The van der Waals surface area contributed by atoms with Gasteiger partial charge in [-0.05, 0) is 25.0 Å². The zero-order valence-corrected chi connectivity index (χ0v) is 10.3. The van der Waals surface area contributed by atoms with Crippen LogP contribution in [0.2, 0.25) is 0 Å². The molecular formula is C11H17N3O2S. The van der Waals surface area contributed by atoms with Gasteiger partial charge in [0.15, 0.2) is 0 Å². The molecular weight excluding hydrogens is 238 g/mol. The summed E-state index contributed by atoms with van der Waals surface area (Å²) in [4.78, 5) is 0.203. The van der Waals surface area contributed by atoms with Crippen LogP contribution < -0.4 is 16.0 Å². The van der Waals surface area contributed by atoms with Crippen molar-refractivity contribution < 1.29 is 8.42 Å². The lowest BCUT2D eigenvalue weighted by Gasteiger charge is -2.14. The lowest BCUT2D eigenvalue weighted by molar-refractivity contribution is 0.552. The molecule has 0 radical (unpaired) electrons. The summed E-state index contributed by atoms with van der Waals surface area (Å²) in [5.41, 5.74) is 2.82. The Bertz CT molecular complexity index is 481. The molecule has 0 aromatic heterocycles. The van der Waals surface area contributed by atoms with E-state index in [0.29, 0.717) is 5.69 Å². The van der Waals surface area contributed by atoms with Crippen molar-refractivity contribution in [1.29, 1.82) is 0 Å². The molecule has 1 aromatic carbocycles. The second kappa shape index (κ2) is 5.03. The molecule has 6 heteroatoms. The lowest BCUT2D eigenvalue weighted by atomic mass is 10.3. The molecule has 0 unspecified atom stereocenters. The molecule has 1 aromatic rings. The van der Waals surface area contributed by atoms with Crippen molar-refractivity contribution in [3.05, 3.63) is 24.3 Å². The van der Waals surface area contributed by atoms with Crippen molar-refractivity contribution >= 4 is 15.7 Å². The number of para-hydroxylation sites is 1. The average molecular weight is 255 g/mol. The largest absolute Gasteiger partial charge is 0.323 e. The second-order valence-corrected chi connectivity index (χ2v) is 5.93. The van der Waals surface area contributed by atoms with Crippen LogP contribution in [0.3, 0.4) is 0 Å². The molecule has 0 bridgehead atoms. The minimum atomic E-state index is -3.48. The molecule has 0 saturated heterocycles. The van der Waals surface area contributed by atoms with Gasteiger partial charge in [-0.15, -0.1) is 0 Å². The van der Waals surface area contributed by atoms with Gasteiger partial charge in [-0.2, -0.15) is 0 Å². The first-order chi connectivity index (χ1) is 8.13. The van der Waals surface area contributed by atoms with Gasteiger partial charge in [0.2, 0.25) is 10.0 Å². The molecule has 5 nitrogen and oxygen atoms in total. The number of rotatable bonds is 4. The number of hydrogen-bond donors (Lipinski definition) is 3. The topological polar surface area (TPSA) is 84.2 Å². The number of hydrazine groups is 1. The first-order valence-electron chi connectivity index (χ1n) is 5.71. The van der Waals surface area contributed by atoms with Crippen molar-refractivity contribution in [2.75, 3.05) is 5.43 Å². The molecule has 1 aliphatic rings. The Morgan fingerprint density at radius 1 is 1.18 bits per heavy atom. The molecule has 1 saturated carbocycles. The summed E-state index contributed by atoms with van der Waals surface area (Å²) in [7, 11) is -3.48. The molecule has 17 heavy (non-hydrogen) atoms. The number of nitrogen functional groups attached to an aromatic ring is 1. The van der Waals surface area contributed by atoms with Gasteiger partial charge in [-0.3, -0.25) is 5.84 Å². The summed E-state index contributed by atoms with van der Waals surface area (Å²) in [6.07, 6.45) is 4.00. The first-order valence-corrected chi connectivity index (χ1v) is 7.20. The number of anilines is 1. The fraction of sp³-hybridized carbons (Fsp3) is 0.455. The number of hydrogen-bond acceptors (Lipinski definition) is 4. The first kappa shape index (κ1) is 12.3. The quantitative estimate of drug-likeness (QED) is 0.557. The predicted molar refractivity (Wildman–Crippen MR) is 66.8 cm³/mol. The van der Waals surface area contributed by atoms with E-state index in [1.165, 1.54) is 0 Å². The minimum absolute atomic E-state index is 0.0610. The minimum Gasteiger partial charge on any atom is -0.323 e. The number of nitrogens with one attached hydrogen (secondary N) is 2. The third-order valence-corrected chi connectivity index (χ3v) is 4.59. The van der Waals surface area contributed by atoms with Crippen LogP contribution in [0.1, 0.15) is 25.7 Å². The molecule has 0 heterocycles.